The summed E-state index contributed by atoms with van der Waals surface area (Å²) in [6.07, 6.45) is 0. The van der Waals surface area contributed by atoms with Crippen molar-refractivity contribution in [2.45, 2.75) is 0 Å². The molecule has 18 heavy (non-hydrogen) atoms. The molecule has 0 aromatic rings. The fraction of sp³-hybridized carbons (Fsp3) is 0. The van der Waals surface area contributed by atoms with Gasteiger partial charge in [-0.25, -0.2) is 0 Å². The van der Waals surface area contributed by atoms with E-state index in [1.54, 1.807) is 0 Å². The van der Waals surface area contributed by atoms with Gasteiger partial charge in [0, 0.05) is 0 Å². The Kier molecular flexibility index (Phi) is 67.4. The molecule has 106 valence electrons. The van der Waals surface area contributed by atoms with E-state index in [9.17, 15) is 0 Å². The Bertz CT molecular complexity index is 266. The fourth-order valence-corrected chi connectivity index (χ4v) is 0. The van der Waals surface area contributed by atoms with Crippen molar-refractivity contribution in [3.63, 3.8) is 0 Å². The normalized spacial score (nSPS) is 5.67. The van der Waals surface area contributed by atoms with Crippen molar-refractivity contribution in [1.29, 1.82) is 0 Å². The molecule has 0 aliphatic rings. The van der Waals surface area contributed by atoms with E-state index in [0.29, 0.717) is 0 Å². The molecule has 0 saturated heterocycles. The molecule has 6 N–H and O–H groups in total. The van der Waals surface area contributed by atoms with Crippen LogP contribution in [0.3, 0.4) is 0 Å². The maximum absolute atomic E-state index is 8.84. The summed E-state index contributed by atoms with van der Waals surface area (Å²) in [6, 6.07) is 0. The van der Waals surface area contributed by atoms with Crippen LogP contribution < -0.4 is 0 Å². The first-order valence-electron chi connectivity index (χ1n) is 2.43. The molecule has 0 bridgehead atoms. The van der Waals surface area contributed by atoms with Gasteiger partial charge in [0.25, 0.3) is 0 Å². The van der Waals surface area contributed by atoms with Gasteiger partial charge in [-0.1, -0.05) is 0 Å². The predicted octanol–water partition coefficient (Wildman–Crippen LogP) is -5.90. The summed E-state index contributed by atoms with van der Waals surface area (Å²) >= 11 is -15.3. The summed E-state index contributed by atoms with van der Waals surface area (Å²) in [4.78, 5) is 0. The van der Waals surface area contributed by atoms with Gasteiger partial charge in [0.15, 0.2) is 0 Å². The van der Waals surface area contributed by atoms with E-state index in [1.165, 1.54) is 0 Å². The molecule has 0 aliphatic carbocycles. The third-order valence-electron chi connectivity index (χ3n) is 0. The summed E-state index contributed by atoms with van der Waals surface area (Å²) in [5.74, 6) is 0. The van der Waals surface area contributed by atoms with Crippen LogP contribution in [-0.4, -0.2) is 71.3 Å². The van der Waals surface area contributed by atoms with E-state index in [2.05, 4.69) is 0 Å². The second-order valence-electron chi connectivity index (χ2n) is 1.04. The minimum atomic E-state index is -3.95. The summed E-state index contributed by atoms with van der Waals surface area (Å²) in [5.41, 5.74) is 0. The molecule has 0 aromatic carbocycles. The minimum absolute atomic E-state index is 0. The van der Waals surface area contributed by atoms with Gasteiger partial charge in [0.2, 0.25) is 0 Å². The van der Waals surface area contributed by atoms with E-state index in [0.717, 1.165) is 0 Å². The summed E-state index contributed by atoms with van der Waals surface area (Å²) in [6.45, 7) is 0. The Morgan fingerprint density at radius 2 is 0.889 bits per heavy atom. The third-order valence-corrected chi connectivity index (χ3v) is 0. The molecule has 0 atom stereocenters. The van der Waals surface area contributed by atoms with Crippen LogP contribution in [0.25, 0.3) is 0 Å². The van der Waals surface area contributed by atoms with Crippen LogP contribution in [0, 0.1) is 0 Å². The van der Waals surface area contributed by atoms with Crippen molar-refractivity contribution in [2.75, 3.05) is 0 Å². The molecule has 0 fully saturated rings. The molecule has 0 rings (SSSR count). The van der Waals surface area contributed by atoms with Crippen molar-refractivity contribution in [3.8, 4) is 0 Å². The molecular weight excluding hydrogens is 748 g/mol. The van der Waals surface area contributed by atoms with Gasteiger partial charge in [0.1, 0.15) is 0 Å². The van der Waals surface area contributed by atoms with E-state index < -0.39 is 78.8 Å². The second kappa shape index (κ2) is 32.3. The average molecular weight is 758 g/mol. The first-order chi connectivity index (χ1) is 6.93. The molecule has 2 radical (unpaired) electrons. The maximum atomic E-state index is 8.84. The standard InChI is InChI=1S/Mg.2Nb.6H2O.6O.Pb.Ti.Zr.4H/h;;;6*1H2;;;;;;;;;;;;;/q;2*+1;;;;;;;;;;;;;;2*+2;;;;/p-6. The first kappa shape index (κ1) is 37.5. The molecule has 12 nitrogen and oxygen atoms in total. The van der Waals surface area contributed by atoms with E-state index in [-0.39, 0.29) is 50.4 Å². The van der Waals surface area contributed by atoms with Crippen LogP contribution in [0.2, 0.25) is 0 Å². The fourth-order valence-electron chi connectivity index (χ4n) is 0. The van der Waals surface area contributed by atoms with Gasteiger partial charge in [-0.3, -0.25) is 0 Å². The summed E-state index contributed by atoms with van der Waals surface area (Å²) in [7, 11) is 0. The van der Waals surface area contributed by atoms with Crippen molar-refractivity contribution < 1.29 is 119 Å². The molecule has 0 aliphatic heterocycles. The van der Waals surface area contributed by atoms with Gasteiger partial charge in [-0.15, -0.1) is 0 Å². The van der Waals surface area contributed by atoms with Crippen LogP contribution in [0.15, 0.2) is 0 Å². The molecular formula is H10MgNb2O12PbTiZr. The monoisotopic (exact) mass is 758 g/mol. The molecule has 0 saturated carbocycles. The Hall–Kier alpha value is 3.33. The zero-order chi connectivity index (χ0) is 14.3. The van der Waals surface area contributed by atoms with Crippen molar-refractivity contribution >= 4 is 50.4 Å². The SMILES string of the molecule is [MgH2].[O]=[Nb](=[O])[OH].[O]=[Nb](=[O])[OH].[O]=[Ti]([OH])[OH].[O]=[Zr]([OH])[OH].[PbH2]. The van der Waals surface area contributed by atoms with Crippen molar-refractivity contribution in [2.24, 2.45) is 0 Å². The summed E-state index contributed by atoms with van der Waals surface area (Å²) in [5, 5.41) is 0. The van der Waals surface area contributed by atoms with Crippen LogP contribution in [0.1, 0.15) is 0 Å². The average Bonchev–Trinajstić information content (AvgIpc) is 1.76. The summed E-state index contributed by atoms with van der Waals surface area (Å²) < 4.78 is 95.7. The van der Waals surface area contributed by atoms with Crippen LogP contribution in [0.5, 0.6) is 0 Å². The van der Waals surface area contributed by atoms with E-state index in [4.69, 9.17) is 40.1 Å². The third kappa shape index (κ3) is 587. The number of rotatable bonds is 0. The number of hydrogen-bond acceptors (Lipinski definition) is 6. The molecule has 0 amide bonds. The zero-order valence-corrected chi connectivity index (χ0v) is 21.6. The van der Waals surface area contributed by atoms with Gasteiger partial charge >= 0.3 is 169 Å². The van der Waals surface area contributed by atoms with Crippen molar-refractivity contribution in [3.05, 3.63) is 0 Å². The predicted molar refractivity (Wildman–Crippen MR) is 34.5 cm³/mol. The van der Waals surface area contributed by atoms with Crippen molar-refractivity contribution in [1.82, 2.24) is 0 Å². The Morgan fingerprint density at radius 1 is 0.889 bits per heavy atom. The molecule has 0 unspecified atom stereocenters. The van der Waals surface area contributed by atoms with Crippen LogP contribution in [0.4, 0.5) is 0 Å². The van der Waals surface area contributed by atoms with Gasteiger partial charge in [0.05, 0.1) is 0 Å². The van der Waals surface area contributed by atoms with Crippen LogP contribution >= 0.6 is 0 Å². The van der Waals surface area contributed by atoms with Gasteiger partial charge in [-0.2, -0.15) is 0 Å². The second-order valence-corrected chi connectivity index (χ2v) is 5.65. The first-order valence-corrected chi connectivity index (χ1v) is 13.2. The Morgan fingerprint density at radius 3 is 0.889 bits per heavy atom. The van der Waals surface area contributed by atoms with E-state index in [1.807, 2.05) is 0 Å². The molecule has 0 aromatic heterocycles. The Labute approximate surface area is 166 Å². The zero-order valence-electron chi connectivity index (χ0n) is 7.73. The quantitative estimate of drug-likeness (QED) is 0.127. The topological polar surface area (TPSA) is 224 Å². The Balaban J connectivity index is -0.0000000257. The molecule has 0 heterocycles. The van der Waals surface area contributed by atoms with E-state index >= 15 is 0 Å². The molecule has 18 heteroatoms. The molecule has 0 spiro atoms. The number of hydrogen-bond donors (Lipinski definition) is 6. The van der Waals surface area contributed by atoms with Crippen LogP contribution in [-0.2, 0) is 98.0 Å². The van der Waals surface area contributed by atoms with Gasteiger partial charge in [-0.05, 0) is 0 Å². The van der Waals surface area contributed by atoms with Gasteiger partial charge < -0.3 is 0 Å².